The SMILES string of the molecule is COc1ccc(C(=O)NCCOCCOCCOCCOCCOCCn2cc(CCCCCCCCCO[C@@H]3O[C@H](CO)[C@@H](O[C@@H]4O[C@H](CO)[C@H](O[C@@H]5O[C@H](CO)[C@H](O)[C@H](O[C@@H]6O[C@H](CO)[C@H](O)[C@H](O)[C@H]6O)[C@H]5NC(C)=O)[C@H](O[C@]5(C(=O)O)C[C@H](O)[C@@H](NC(C)=O)[C@H]([C@@H](O)[C@H](O)CO)O5)[C@H]4O)[C@H](O)[C@H]3O)nn2)cc1. The van der Waals surface area contributed by atoms with Crippen LogP contribution in [-0.4, -0.2) is 399 Å². The van der Waals surface area contributed by atoms with Crippen molar-refractivity contribution in [1.82, 2.24) is 30.9 Å². The van der Waals surface area contributed by atoms with E-state index in [-0.39, 0.29) is 12.5 Å². The van der Waals surface area contributed by atoms with E-state index in [1.807, 2.05) is 6.20 Å². The highest BCUT2D eigenvalue weighted by Crippen LogP contribution is 2.41. The fourth-order valence-electron chi connectivity index (χ4n) is 12.9. The first-order chi connectivity index (χ1) is 52.8. The van der Waals surface area contributed by atoms with Crippen LogP contribution in [0, 0.1) is 0 Å². The number of carbonyl (C=O) groups is 4. The maximum absolute atomic E-state index is 13.7. The van der Waals surface area contributed by atoms with E-state index in [0.717, 1.165) is 58.1 Å². The first-order valence-electron chi connectivity index (χ1n) is 36.7. The zero-order valence-corrected chi connectivity index (χ0v) is 61.6. The summed E-state index contributed by atoms with van der Waals surface area (Å²) in [6, 6.07) is 3.20. The van der Waals surface area contributed by atoms with E-state index in [2.05, 4.69) is 26.3 Å². The second-order valence-corrected chi connectivity index (χ2v) is 26.9. The number of ether oxygens (including phenoxy) is 16. The fraction of sp³-hybridized carbons (Fsp3) is 0.824. The van der Waals surface area contributed by atoms with Crippen LogP contribution in [0.1, 0.15) is 81.3 Å². The third-order valence-electron chi connectivity index (χ3n) is 18.9. The Balaban J connectivity index is 0.854. The van der Waals surface area contributed by atoms with Crippen molar-refractivity contribution in [3.05, 3.63) is 41.7 Å². The monoisotopic (exact) mass is 1590 g/mol. The minimum atomic E-state index is -3.35. The molecule has 42 heteroatoms. The predicted octanol–water partition coefficient (Wildman–Crippen LogP) is -8.32. The van der Waals surface area contributed by atoms with Gasteiger partial charge >= 0.3 is 5.97 Å². The summed E-state index contributed by atoms with van der Waals surface area (Å²) in [5, 5.41) is 192. The molecule has 0 bridgehead atoms. The molecule has 6 heterocycles. The van der Waals surface area contributed by atoms with Crippen LogP contribution in [0.4, 0.5) is 0 Å². The maximum Gasteiger partial charge on any atom is 0.364 e. The number of carboxylic acid groups (broad SMARTS) is 1. The molecular formula is C68H112N6O36. The third-order valence-corrected chi connectivity index (χ3v) is 18.9. The molecule has 5 aliphatic rings. The smallest absolute Gasteiger partial charge is 0.364 e. The number of amides is 3. The molecule has 1 aromatic carbocycles. The first-order valence-corrected chi connectivity index (χ1v) is 36.7. The number of aryl methyl sites for hydroxylation is 1. The van der Waals surface area contributed by atoms with Crippen molar-refractivity contribution < 1.29 is 177 Å². The highest BCUT2D eigenvalue weighted by Gasteiger charge is 2.62. The number of nitrogens with zero attached hydrogens (tertiary/aromatic N) is 3. The van der Waals surface area contributed by atoms with Crippen molar-refractivity contribution in [2.24, 2.45) is 0 Å². The second kappa shape index (κ2) is 47.0. The van der Waals surface area contributed by atoms with E-state index in [1.54, 1.807) is 36.1 Å². The lowest BCUT2D eigenvalue weighted by Gasteiger charge is -2.52. The number of unbranched alkanes of at least 4 members (excludes halogenated alkanes) is 6. The summed E-state index contributed by atoms with van der Waals surface area (Å²) in [4.78, 5) is 51.3. The second-order valence-electron chi connectivity index (χ2n) is 26.9. The van der Waals surface area contributed by atoms with Gasteiger partial charge in [-0.05, 0) is 43.5 Å². The van der Waals surface area contributed by atoms with Gasteiger partial charge in [-0.25, -0.2) is 9.48 Å². The number of aromatic nitrogens is 3. The summed E-state index contributed by atoms with van der Waals surface area (Å²) in [5.74, 6) is -6.77. The molecule has 5 aliphatic heterocycles. The van der Waals surface area contributed by atoms with E-state index >= 15 is 0 Å². The zero-order chi connectivity index (χ0) is 80.0. The minimum absolute atomic E-state index is 0.0265. The van der Waals surface area contributed by atoms with Crippen molar-refractivity contribution in [2.75, 3.05) is 119 Å². The molecule has 2 aromatic rings. The quantitative estimate of drug-likeness (QED) is 0.0274. The molecule has 5 saturated heterocycles. The molecule has 110 heavy (non-hydrogen) atoms. The van der Waals surface area contributed by atoms with E-state index in [0.29, 0.717) is 103 Å². The van der Waals surface area contributed by atoms with Crippen molar-refractivity contribution in [1.29, 1.82) is 0 Å². The Kier molecular flexibility index (Phi) is 39.3. The minimum Gasteiger partial charge on any atom is -0.497 e. The van der Waals surface area contributed by atoms with Gasteiger partial charge in [-0.15, -0.1) is 5.10 Å². The predicted molar refractivity (Wildman–Crippen MR) is 366 cm³/mol. The van der Waals surface area contributed by atoms with Crippen LogP contribution in [0.15, 0.2) is 30.5 Å². The van der Waals surface area contributed by atoms with Crippen molar-refractivity contribution >= 4 is 23.7 Å². The van der Waals surface area contributed by atoms with Gasteiger partial charge in [0.15, 0.2) is 25.2 Å². The molecule has 0 unspecified atom stereocenters. The third kappa shape index (κ3) is 26.4. The summed E-state index contributed by atoms with van der Waals surface area (Å²) in [7, 11) is 1.56. The average molecular weight is 1590 g/mol. The lowest BCUT2D eigenvalue weighted by atomic mass is 9.88. The average Bonchev–Trinajstić information content (AvgIpc) is 0.831. The number of aliphatic carboxylic acids is 1. The zero-order valence-electron chi connectivity index (χ0n) is 61.6. The molecule has 0 aliphatic carbocycles. The van der Waals surface area contributed by atoms with Gasteiger partial charge in [0.2, 0.25) is 11.8 Å². The molecule has 3 amide bonds. The van der Waals surface area contributed by atoms with E-state index in [4.69, 9.17) is 75.8 Å². The highest BCUT2D eigenvalue weighted by molar-refractivity contribution is 5.94. The molecule has 26 atom stereocenters. The van der Waals surface area contributed by atoms with Crippen LogP contribution in [0.25, 0.3) is 0 Å². The number of methoxy groups -OCH3 is 1. The van der Waals surface area contributed by atoms with Crippen molar-refractivity contribution in [3.8, 4) is 5.75 Å². The fourth-order valence-corrected chi connectivity index (χ4v) is 12.9. The lowest BCUT2D eigenvalue weighted by molar-refractivity contribution is -0.403. The number of rotatable bonds is 49. The maximum atomic E-state index is 13.7. The normalized spacial score (nSPS) is 33.2. The molecule has 0 spiro atoms. The van der Waals surface area contributed by atoms with Crippen LogP contribution in [0.2, 0.25) is 0 Å². The van der Waals surface area contributed by atoms with Gasteiger partial charge in [-0.1, -0.05) is 37.3 Å². The summed E-state index contributed by atoms with van der Waals surface area (Å²) in [6.07, 6.45) is -39.6. The Morgan fingerprint density at radius 2 is 1.06 bits per heavy atom. The van der Waals surface area contributed by atoms with Gasteiger partial charge in [0.25, 0.3) is 11.7 Å². The number of carbonyl (C=O) groups excluding carboxylic acids is 3. The Bertz CT molecular complexity index is 2970. The van der Waals surface area contributed by atoms with E-state index < -0.39 is 216 Å². The standard InChI is InChI=1S/C68H112N6O36/c1-36(80)70-47-41(82)29-68(67(93)94,109-60(47)49(84)42(83)31-75)110-61-56(91)66(105-46(35-79)58(61)107-63-48(71-37(2)81)59(51(86)44(33-77)102-63)108-65-54(89)52(87)50(85)43(32-76)103-65)106-57-45(34-78)104-64(55(90)53(57)88)101-18-10-8-6-4-5-7-9-11-39-30-74(73-72-39)17-20-97-22-24-99-26-28-100-27-25-98-23-21-96-19-16-69-62(92)38-12-14-40(95-3)15-13-38/h12-15,30,41-61,63-66,75-79,82-91H,4-11,16-29,31-35H2,1-3H3,(H,69,92)(H,70,80)(H,71,81)(H,93,94)/t41-,42+,43+,44+,45+,46+,47+,48+,49-,50-,51-,52-,53+,54+,55+,56+,57+,58-,59+,60+,61+,63-,64+,65-,66-,68-/m0/s1. The lowest BCUT2D eigenvalue weighted by Crippen LogP contribution is -2.72. The van der Waals surface area contributed by atoms with Gasteiger partial charge in [0.05, 0.1) is 131 Å². The van der Waals surface area contributed by atoms with Gasteiger partial charge in [-0.3, -0.25) is 14.4 Å². The van der Waals surface area contributed by atoms with Crippen LogP contribution in [-0.2, 0) is 98.4 Å². The molecule has 1 aromatic heterocycles. The molecule has 42 nitrogen and oxygen atoms in total. The van der Waals surface area contributed by atoms with Crippen LogP contribution in [0.3, 0.4) is 0 Å². The highest BCUT2D eigenvalue weighted by atomic mass is 16.8. The Labute approximate surface area is 633 Å². The number of aliphatic hydroxyl groups excluding tert-OH is 15. The molecule has 5 fully saturated rings. The molecule has 0 radical (unpaired) electrons. The number of carboxylic acids is 1. The summed E-state index contributed by atoms with van der Waals surface area (Å²) in [5.41, 5.74) is 1.39. The van der Waals surface area contributed by atoms with Crippen molar-refractivity contribution in [2.45, 2.75) is 237 Å². The van der Waals surface area contributed by atoms with E-state index in [1.165, 1.54) is 0 Å². The summed E-state index contributed by atoms with van der Waals surface area (Å²) in [6.45, 7) is 1.47. The summed E-state index contributed by atoms with van der Waals surface area (Å²) < 4.78 is 94.1. The summed E-state index contributed by atoms with van der Waals surface area (Å²) >= 11 is 0. The number of aliphatic hydroxyl groups is 15. The Morgan fingerprint density at radius 1 is 0.555 bits per heavy atom. The number of hydrogen-bond acceptors (Lipinski definition) is 37. The van der Waals surface area contributed by atoms with Gasteiger partial charge < -0.3 is 173 Å². The topological polar surface area (TPSA) is 606 Å². The number of hydrogen-bond donors (Lipinski definition) is 19. The van der Waals surface area contributed by atoms with Crippen molar-refractivity contribution in [3.63, 3.8) is 0 Å². The number of nitrogens with one attached hydrogen (secondary N) is 3. The molecular weight excluding hydrogens is 1480 g/mol. The Hall–Kier alpha value is -5.16. The van der Waals surface area contributed by atoms with Crippen LogP contribution >= 0.6 is 0 Å². The first kappa shape index (κ1) is 92.0. The number of benzene rings is 1. The van der Waals surface area contributed by atoms with Crippen LogP contribution in [0.5, 0.6) is 5.75 Å². The van der Waals surface area contributed by atoms with Crippen LogP contribution < -0.4 is 20.7 Å². The van der Waals surface area contributed by atoms with Gasteiger partial charge in [-0.2, -0.15) is 0 Å². The van der Waals surface area contributed by atoms with Gasteiger partial charge in [0.1, 0.15) is 122 Å². The van der Waals surface area contributed by atoms with E-state index in [9.17, 15) is 101 Å². The molecule has 0 saturated carbocycles. The molecule has 7 rings (SSSR count). The van der Waals surface area contributed by atoms with Gasteiger partial charge in [0, 0.05) is 45.2 Å². The molecule has 19 N–H and O–H groups in total. The Morgan fingerprint density at radius 3 is 1.65 bits per heavy atom. The largest absolute Gasteiger partial charge is 0.497 e. The molecule has 630 valence electrons.